The highest BCUT2D eigenvalue weighted by Crippen LogP contribution is 2.20. The number of nitrogens with one attached hydrogen (secondary N) is 2. The first-order valence-electron chi connectivity index (χ1n) is 6.41. The van der Waals surface area contributed by atoms with Crippen LogP contribution in [-0.2, 0) is 6.42 Å². The van der Waals surface area contributed by atoms with Crippen molar-refractivity contribution in [1.29, 1.82) is 0 Å². The maximum absolute atomic E-state index is 11.7. The first kappa shape index (κ1) is 14.7. The summed E-state index contributed by atoms with van der Waals surface area (Å²) in [7, 11) is 0. The molecule has 1 aromatic rings. The van der Waals surface area contributed by atoms with E-state index in [1.807, 2.05) is 20.8 Å². The van der Waals surface area contributed by atoms with Gasteiger partial charge in [-0.15, -0.1) is 0 Å². The minimum absolute atomic E-state index is 0.0753. The van der Waals surface area contributed by atoms with Crippen molar-refractivity contribution in [3.8, 4) is 0 Å². The van der Waals surface area contributed by atoms with Gasteiger partial charge in [0.05, 0.1) is 6.20 Å². The number of rotatable bonds is 7. The maximum Gasteiger partial charge on any atom is 0.269 e. The molecule has 0 aliphatic heterocycles. The molecule has 1 amide bonds. The molecule has 0 spiro atoms. The van der Waals surface area contributed by atoms with Crippen molar-refractivity contribution in [2.45, 2.75) is 40.0 Å². The van der Waals surface area contributed by atoms with Crippen LogP contribution < -0.4 is 5.32 Å². The number of aromatic amines is 1. The summed E-state index contributed by atoms with van der Waals surface area (Å²) in [6.07, 6.45) is 4.09. The fourth-order valence-electron chi connectivity index (χ4n) is 1.60. The second-order valence-corrected chi connectivity index (χ2v) is 5.28. The van der Waals surface area contributed by atoms with Crippen LogP contribution in [0.4, 0.5) is 0 Å². The van der Waals surface area contributed by atoms with E-state index in [1.54, 1.807) is 6.20 Å². The van der Waals surface area contributed by atoms with Gasteiger partial charge in [0.1, 0.15) is 11.5 Å². The zero-order valence-electron chi connectivity index (χ0n) is 11.4. The van der Waals surface area contributed by atoms with Crippen LogP contribution in [0.1, 0.15) is 49.9 Å². The third-order valence-electron chi connectivity index (χ3n) is 2.95. The normalized spacial score (nSPS) is 11.6. The molecular weight excluding hydrogens is 230 g/mol. The van der Waals surface area contributed by atoms with Gasteiger partial charge in [-0.05, 0) is 18.3 Å². The molecule has 0 saturated heterocycles. The minimum atomic E-state index is -0.121. The van der Waals surface area contributed by atoms with Crippen LogP contribution in [0, 0.1) is 5.41 Å². The molecule has 5 heteroatoms. The first-order valence-corrected chi connectivity index (χ1v) is 6.41. The van der Waals surface area contributed by atoms with Gasteiger partial charge in [-0.25, -0.2) is 4.98 Å². The standard InChI is InChI=1S/C13H23N3O2/c1-4-11-15-8-10(16-11)12(18)14-7-5-6-13(2,3)9-17/h8,17H,4-7,9H2,1-3H3,(H,14,18)(H,15,16). The maximum atomic E-state index is 11.7. The monoisotopic (exact) mass is 253 g/mol. The second kappa shape index (κ2) is 6.54. The van der Waals surface area contributed by atoms with Crippen molar-refractivity contribution in [3.05, 3.63) is 17.7 Å². The molecule has 0 saturated carbocycles. The van der Waals surface area contributed by atoms with Gasteiger partial charge in [0.15, 0.2) is 0 Å². The fraction of sp³-hybridized carbons (Fsp3) is 0.692. The Morgan fingerprint density at radius 1 is 1.56 bits per heavy atom. The lowest BCUT2D eigenvalue weighted by atomic mass is 9.89. The number of carbonyl (C=O) groups excluding carboxylic acids is 1. The number of imidazole rings is 1. The van der Waals surface area contributed by atoms with Crippen LogP contribution in [-0.4, -0.2) is 34.1 Å². The van der Waals surface area contributed by atoms with E-state index in [1.165, 1.54) is 0 Å². The summed E-state index contributed by atoms with van der Waals surface area (Å²) in [6, 6.07) is 0. The minimum Gasteiger partial charge on any atom is -0.396 e. The molecule has 5 nitrogen and oxygen atoms in total. The Kier molecular flexibility index (Phi) is 5.34. The summed E-state index contributed by atoms with van der Waals surface area (Å²) in [5.74, 6) is 0.700. The zero-order valence-corrected chi connectivity index (χ0v) is 11.4. The van der Waals surface area contributed by atoms with E-state index in [9.17, 15) is 4.79 Å². The van der Waals surface area contributed by atoms with Gasteiger partial charge in [0, 0.05) is 19.6 Å². The Morgan fingerprint density at radius 2 is 2.28 bits per heavy atom. The van der Waals surface area contributed by atoms with Crippen molar-refractivity contribution in [3.63, 3.8) is 0 Å². The summed E-state index contributed by atoms with van der Waals surface area (Å²) in [5.41, 5.74) is 0.432. The largest absolute Gasteiger partial charge is 0.396 e. The predicted octanol–water partition coefficient (Wildman–Crippen LogP) is 1.50. The molecule has 0 atom stereocenters. The number of H-pyrrole nitrogens is 1. The van der Waals surface area contributed by atoms with Crippen LogP contribution in [0.5, 0.6) is 0 Å². The zero-order chi connectivity index (χ0) is 13.6. The van der Waals surface area contributed by atoms with E-state index in [0.717, 1.165) is 25.1 Å². The van der Waals surface area contributed by atoms with Crippen molar-refractivity contribution in [1.82, 2.24) is 15.3 Å². The van der Waals surface area contributed by atoms with Gasteiger partial charge in [0.25, 0.3) is 5.91 Å². The molecule has 0 radical (unpaired) electrons. The topological polar surface area (TPSA) is 78.0 Å². The quantitative estimate of drug-likeness (QED) is 0.644. The van der Waals surface area contributed by atoms with E-state index in [4.69, 9.17) is 5.11 Å². The Hall–Kier alpha value is -1.36. The highest BCUT2D eigenvalue weighted by molar-refractivity contribution is 5.92. The van der Waals surface area contributed by atoms with Crippen molar-refractivity contribution >= 4 is 5.91 Å². The van der Waals surface area contributed by atoms with Gasteiger partial charge in [0.2, 0.25) is 0 Å². The van der Waals surface area contributed by atoms with Gasteiger partial charge in [-0.2, -0.15) is 0 Å². The lowest BCUT2D eigenvalue weighted by molar-refractivity contribution is 0.0944. The molecule has 18 heavy (non-hydrogen) atoms. The number of hydrogen-bond donors (Lipinski definition) is 3. The first-order chi connectivity index (χ1) is 8.48. The van der Waals surface area contributed by atoms with E-state index >= 15 is 0 Å². The number of aliphatic hydroxyl groups excluding tert-OH is 1. The fourth-order valence-corrected chi connectivity index (χ4v) is 1.60. The highest BCUT2D eigenvalue weighted by atomic mass is 16.3. The van der Waals surface area contributed by atoms with Crippen LogP contribution in [0.2, 0.25) is 0 Å². The Bertz CT molecular complexity index is 385. The molecule has 0 unspecified atom stereocenters. The predicted molar refractivity (Wildman–Crippen MR) is 70.4 cm³/mol. The summed E-state index contributed by atoms with van der Waals surface area (Å²) < 4.78 is 0. The highest BCUT2D eigenvalue weighted by Gasteiger charge is 2.16. The summed E-state index contributed by atoms with van der Waals surface area (Å²) >= 11 is 0. The lowest BCUT2D eigenvalue weighted by Gasteiger charge is -2.21. The van der Waals surface area contributed by atoms with Crippen molar-refractivity contribution in [2.75, 3.05) is 13.2 Å². The molecule has 3 N–H and O–H groups in total. The molecule has 1 heterocycles. The van der Waals surface area contributed by atoms with Crippen LogP contribution in [0.15, 0.2) is 6.20 Å². The second-order valence-electron chi connectivity index (χ2n) is 5.28. The Labute approximate surface area is 108 Å². The molecule has 0 bridgehead atoms. The van der Waals surface area contributed by atoms with Gasteiger partial charge >= 0.3 is 0 Å². The molecule has 1 rings (SSSR count). The van der Waals surface area contributed by atoms with Gasteiger partial charge in [-0.1, -0.05) is 20.8 Å². The van der Waals surface area contributed by atoms with Gasteiger partial charge < -0.3 is 15.4 Å². The molecule has 102 valence electrons. The molecule has 0 aliphatic rings. The van der Waals surface area contributed by atoms with E-state index in [2.05, 4.69) is 15.3 Å². The smallest absolute Gasteiger partial charge is 0.269 e. The number of aromatic nitrogens is 2. The third kappa shape index (κ3) is 4.49. The van der Waals surface area contributed by atoms with Crippen molar-refractivity contribution < 1.29 is 9.90 Å². The number of aryl methyl sites for hydroxylation is 1. The molecule has 0 aromatic carbocycles. The number of carbonyl (C=O) groups is 1. The average molecular weight is 253 g/mol. The van der Waals surface area contributed by atoms with Crippen molar-refractivity contribution in [2.24, 2.45) is 5.41 Å². The average Bonchev–Trinajstić information content (AvgIpc) is 2.83. The molecule has 1 aromatic heterocycles. The molecular formula is C13H23N3O2. The Morgan fingerprint density at radius 3 is 2.83 bits per heavy atom. The summed E-state index contributed by atoms with van der Waals surface area (Å²) in [5, 5.41) is 12.0. The van der Waals surface area contributed by atoms with E-state index in [0.29, 0.717) is 12.2 Å². The van der Waals surface area contributed by atoms with Crippen LogP contribution in [0.3, 0.4) is 0 Å². The number of amides is 1. The molecule has 0 fully saturated rings. The summed E-state index contributed by atoms with van der Waals surface area (Å²) in [4.78, 5) is 18.8. The van der Waals surface area contributed by atoms with Crippen LogP contribution in [0.25, 0.3) is 0 Å². The SMILES string of the molecule is CCc1ncc(C(=O)NCCCC(C)(C)CO)[nH]1. The number of nitrogens with zero attached hydrogens (tertiary/aromatic N) is 1. The van der Waals surface area contributed by atoms with Crippen LogP contribution >= 0.6 is 0 Å². The molecule has 0 aliphatic carbocycles. The third-order valence-corrected chi connectivity index (χ3v) is 2.95. The number of aliphatic hydroxyl groups is 1. The van der Waals surface area contributed by atoms with Gasteiger partial charge in [-0.3, -0.25) is 4.79 Å². The summed E-state index contributed by atoms with van der Waals surface area (Å²) in [6.45, 7) is 6.79. The number of hydrogen-bond acceptors (Lipinski definition) is 3. The Balaban J connectivity index is 2.29. The van der Waals surface area contributed by atoms with E-state index in [-0.39, 0.29) is 17.9 Å². The lowest BCUT2D eigenvalue weighted by Crippen LogP contribution is -2.26. The van der Waals surface area contributed by atoms with E-state index < -0.39 is 0 Å².